The van der Waals surface area contributed by atoms with Gasteiger partial charge in [0.15, 0.2) is 6.61 Å². The molecule has 1 aromatic carbocycles. The number of benzene rings is 1. The molecule has 1 amide bonds. The van der Waals surface area contributed by atoms with Gasteiger partial charge in [-0.15, -0.1) is 0 Å². The highest BCUT2D eigenvalue weighted by molar-refractivity contribution is 5.93. The van der Waals surface area contributed by atoms with E-state index in [9.17, 15) is 9.59 Å². The Morgan fingerprint density at radius 2 is 1.80 bits per heavy atom. The summed E-state index contributed by atoms with van der Waals surface area (Å²) < 4.78 is 5.00. The number of nitrogens with one attached hydrogen (secondary N) is 1. The van der Waals surface area contributed by atoms with Crippen LogP contribution in [-0.4, -0.2) is 18.5 Å². The fraction of sp³-hybridized carbons (Fsp3) is 0.500. The molecule has 0 aliphatic carbocycles. The molecule has 0 spiro atoms. The number of anilines is 1. The fourth-order valence-electron chi connectivity index (χ4n) is 2.07. The van der Waals surface area contributed by atoms with Gasteiger partial charge in [0.2, 0.25) is 0 Å². The number of carbonyl (C=O) groups excluding carboxylic acids is 2. The third-order valence-electron chi connectivity index (χ3n) is 2.98. The molecule has 0 radical (unpaired) electrons. The van der Waals surface area contributed by atoms with Gasteiger partial charge in [0.05, 0.1) is 5.92 Å². The average molecular weight is 277 g/mol. The van der Waals surface area contributed by atoms with Gasteiger partial charge in [0.1, 0.15) is 0 Å². The summed E-state index contributed by atoms with van der Waals surface area (Å²) in [6.07, 6.45) is 1.70. The summed E-state index contributed by atoms with van der Waals surface area (Å²) in [5, 5.41) is 2.73. The monoisotopic (exact) mass is 277 g/mol. The Bertz CT molecular complexity index is 462. The number of ether oxygens (including phenoxy) is 1. The van der Waals surface area contributed by atoms with Crippen LogP contribution in [0.4, 0.5) is 5.69 Å². The van der Waals surface area contributed by atoms with Crippen LogP contribution >= 0.6 is 0 Å². The highest BCUT2D eigenvalue weighted by Crippen LogP contribution is 2.13. The van der Waals surface area contributed by atoms with Crippen molar-refractivity contribution in [2.45, 2.75) is 40.5 Å². The quantitative estimate of drug-likeness (QED) is 0.812. The Labute approximate surface area is 120 Å². The second-order valence-corrected chi connectivity index (χ2v) is 5.22. The van der Waals surface area contributed by atoms with Gasteiger partial charge in [0.25, 0.3) is 5.91 Å². The minimum absolute atomic E-state index is 0.158. The number of esters is 1. The standard InChI is InChI=1S/C16H23NO3/c1-5-6-13(4)16(19)20-10-15(18)17-14-8-11(2)7-12(3)9-14/h7-9,13H,5-6,10H2,1-4H3,(H,17,18). The predicted molar refractivity (Wildman–Crippen MR) is 79.6 cm³/mol. The molecule has 0 bridgehead atoms. The maximum Gasteiger partial charge on any atom is 0.309 e. The molecule has 1 aromatic rings. The van der Waals surface area contributed by atoms with Gasteiger partial charge in [-0.1, -0.05) is 26.3 Å². The van der Waals surface area contributed by atoms with Crippen LogP contribution in [0.15, 0.2) is 18.2 Å². The normalized spacial score (nSPS) is 11.8. The molecule has 0 aromatic heterocycles. The molecule has 20 heavy (non-hydrogen) atoms. The predicted octanol–water partition coefficient (Wildman–Crippen LogP) is 3.22. The number of aryl methyl sites for hydroxylation is 2. The number of hydrogen-bond acceptors (Lipinski definition) is 3. The molecule has 0 saturated heterocycles. The zero-order chi connectivity index (χ0) is 15.1. The Morgan fingerprint density at radius 1 is 1.20 bits per heavy atom. The van der Waals surface area contributed by atoms with Gasteiger partial charge >= 0.3 is 5.97 Å². The van der Waals surface area contributed by atoms with Crippen molar-refractivity contribution in [3.8, 4) is 0 Å². The maximum absolute atomic E-state index is 11.7. The van der Waals surface area contributed by atoms with E-state index in [1.165, 1.54) is 0 Å². The Balaban J connectivity index is 2.46. The zero-order valence-electron chi connectivity index (χ0n) is 12.7. The highest BCUT2D eigenvalue weighted by Gasteiger charge is 2.15. The van der Waals surface area contributed by atoms with Crippen molar-refractivity contribution in [1.29, 1.82) is 0 Å². The van der Waals surface area contributed by atoms with Crippen molar-refractivity contribution in [2.75, 3.05) is 11.9 Å². The van der Waals surface area contributed by atoms with Crippen molar-refractivity contribution in [1.82, 2.24) is 0 Å². The fourth-order valence-corrected chi connectivity index (χ4v) is 2.07. The van der Waals surface area contributed by atoms with E-state index in [2.05, 4.69) is 5.32 Å². The first-order valence-electron chi connectivity index (χ1n) is 6.97. The number of amides is 1. The first-order chi connectivity index (χ1) is 9.42. The lowest BCUT2D eigenvalue weighted by Gasteiger charge is -2.11. The molecule has 1 rings (SSSR count). The Morgan fingerprint density at radius 3 is 2.35 bits per heavy atom. The lowest BCUT2D eigenvalue weighted by atomic mass is 10.1. The molecule has 1 unspecified atom stereocenters. The van der Waals surface area contributed by atoms with Gasteiger partial charge in [-0.3, -0.25) is 9.59 Å². The van der Waals surface area contributed by atoms with Gasteiger partial charge in [-0.25, -0.2) is 0 Å². The van der Waals surface area contributed by atoms with E-state index in [1.54, 1.807) is 0 Å². The topological polar surface area (TPSA) is 55.4 Å². The van der Waals surface area contributed by atoms with E-state index >= 15 is 0 Å². The summed E-state index contributed by atoms with van der Waals surface area (Å²) in [4.78, 5) is 23.3. The van der Waals surface area contributed by atoms with E-state index < -0.39 is 0 Å². The van der Waals surface area contributed by atoms with Crippen LogP contribution < -0.4 is 5.32 Å². The van der Waals surface area contributed by atoms with Crippen molar-refractivity contribution in [3.05, 3.63) is 29.3 Å². The summed E-state index contributed by atoms with van der Waals surface area (Å²) >= 11 is 0. The summed E-state index contributed by atoms with van der Waals surface area (Å²) in [6.45, 7) is 7.52. The van der Waals surface area contributed by atoms with Crippen molar-refractivity contribution in [3.63, 3.8) is 0 Å². The Hall–Kier alpha value is -1.84. The van der Waals surface area contributed by atoms with Crippen LogP contribution in [-0.2, 0) is 14.3 Å². The van der Waals surface area contributed by atoms with Crippen LogP contribution in [0.5, 0.6) is 0 Å². The highest BCUT2D eigenvalue weighted by atomic mass is 16.5. The molecular formula is C16H23NO3. The van der Waals surface area contributed by atoms with Gasteiger partial charge in [-0.2, -0.15) is 0 Å². The summed E-state index contributed by atoms with van der Waals surface area (Å²) in [7, 11) is 0. The zero-order valence-corrected chi connectivity index (χ0v) is 12.7. The summed E-state index contributed by atoms with van der Waals surface area (Å²) in [5.74, 6) is -0.788. The molecule has 0 aliphatic heterocycles. The molecule has 0 aliphatic rings. The van der Waals surface area contributed by atoms with E-state index in [1.807, 2.05) is 45.9 Å². The average Bonchev–Trinajstić information content (AvgIpc) is 2.34. The van der Waals surface area contributed by atoms with Crippen molar-refractivity contribution >= 4 is 17.6 Å². The molecule has 0 fully saturated rings. The molecular weight excluding hydrogens is 254 g/mol. The summed E-state index contributed by atoms with van der Waals surface area (Å²) in [5.41, 5.74) is 2.88. The van der Waals surface area contributed by atoms with Crippen molar-refractivity contribution in [2.24, 2.45) is 5.92 Å². The van der Waals surface area contributed by atoms with Crippen LogP contribution in [0.25, 0.3) is 0 Å². The van der Waals surface area contributed by atoms with E-state index in [-0.39, 0.29) is 24.4 Å². The maximum atomic E-state index is 11.7. The SMILES string of the molecule is CCCC(C)C(=O)OCC(=O)Nc1cc(C)cc(C)c1. The largest absolute Gasteiger partial charge is 0.455 e. The second-order valence-electron chi connectivity index (χ2n) is 5.22. The Kier molecular flexibility index (Phi) is 6.22. The molecule has 1 N–H and O–H groups in total. The molecule has 1 atom stereocenters. The van der Waals surface area contributed by atoms with Crippen LogP contribution in [0.2, 0.25) is 0 Å². The summed E-state index contributed by atoms with van der Waals surface area (Å²) in [6, 6.07) is 5.79. The molecule has 4 nitrogen and oxygen atoms in total. The van der Waals surface area contributed by atoms with E-state index in [4.69, 9.17) is 4.74 Å². The van der Waals surface area contributed by atoms with Gasteiger partial charge in [-0.05, 0) is 43.5 Å². The van der Waals surface area contributed by atoms with E-state index in [0.29, 0.717) is 0 Å². The first-order valence-corrected chi connectivity index (χ1v) is 6.97. The van der Waals surface area contributed by atoms with Crippen LogP contribution in [0.3, 0.4) is 0 Å². The third kappa shape index (κ3) is 5.43. The van der Waals surface area contributed by atoms with Gasteiger partial charge < -0.3 is 10.1 Å². The first kappa shape index (κ1) is 16.2. The number of rotatable bonds is 6. The van der Waals surface area contributed by atoms with E-state index in [0.717, 1.165) is 29.7 Å². The third-order valence-corrected chi connectivity index (χ3v) is 2.98. The lowest BCUT2D eigenvalue weighted by Crippen LogP contribution is -2.23. The lowest BCUT2D eigenvalue weighted by molar-refractivity contribution is -0.151. The molecule has 4 heteroatoms. The number of hydrogen-bond donors (Lipinski definition) is 1. The second kappa shape index (κ2) is 7.68. The molecule has 0 heterocycles. The van der Waals surface area contributed by atoms with Crippen LogP contribution in [0.1, 0.15) is 37.8 Å². The molecule has 0 saturated carbocycles. The minimum atomic E-state index is -0.317. The minimum Gasteiger partial charge on any atom is -0.455 e. The van der Waals surface area contributed by atoms with Crippen molar-refractivity contribution < 1.29 is 14.3 Å². The van der Waals surface area contributed by atoms with Crippen LogP contribution in [0, 0.1) is 19.8 Å². The molecule has 110 valence electrons. The van der Waals surface area contributed by atoms with Gasteiger partial charge in [0, 0.05) is 5.69 Å². The smallest absolute Gasteiger partial charge is 0.309 e. The number of carbonyl (C=O) groups is 2.